The number of nitrogens with zero attached hydrogens (tertiary/aromatic N) is 2. The monoisotopic (exact) mass is 511 g/mol. The number of nitrogens with one attached hydrogen (secondary N) is 1. The summed E-state index contributed by atoms with van der Waals surface area (Å²) in [5.74, 6) is 0.304. The first-order chi connectivity index (χ1) is 16.0. The molecular weight excluding hydrogens is 478 g/mol. The Morgan fingerprint density at radius 1 is 1.03 bits per heavy atom. The molecule has 2 aliphatic rings. The fourth-order valence-corrected chi connectivity index (χ4v) is 5.53. The van der Waals surface area contributed by atoms with Crippen LogP contribution >= 0.6 is 15.9 Å². The lowest BCUT2D eigenvalue weighted by Crippen LogP contribution is -2.45. The molecule has 0 radical (unpaired) electrons. The van der Waals surface area contributed by atoms with E-state index in [0.717, 1.165) is 61.9 Å². The zero-order valence-electron chi connectivity index (χ0n) is 19.4. The van der Waals surface area contributed by atoms with Gasteiger partial charge in [-0.1, -0.05) is 58.4 Å². The molecule has 5 nitrogen and oxygen atoms in total. The Morgan fingerprint density at radius 2 is 1.70 bits per heavy atom. The van der Waals surface area contributed by atoms with Crippen molar-refractivity contribution in [2.24, 2.45) is 5.41 Å². The van der Waals surface area contributed by atoms with E-state index in [4.69, 9.17) is 0 Å². The van der Waals surface area contributed by atoms with E-state index in [2.05, 4.69) is 38.3 Å². The summed E-state index contributed by atoms with van der Waals surface area (Å²) in [4.78, 5) is 30.5. The lowest BCUT2D eigenvalue weighted by molar-refractivity contribution is -0.138. The lowest BCUT2D eigenvalue weighted by Gasteiger charge is -2.38. The minimum absolute atomic E-state index is 0.103. The van der Waals surface area contributed by atoms with E-state index in [1.54, 1.807) is 0 Å². The van der Waals surface area contributed by atoms with Crippen LogP contribution in [0.15, 0.2) is 59.1 Å². The Kier molecular flexibility index (Phi) is 7.86. The number of hydrogen-bond donors (Lipinski definition) is 1. The zero-order valence-corrected chi connectivity index (χ0v) is 21.0. The van der Waals surface area contributed by atoms with Crippen molar-refractivity contribution in [2.45, 2.75) is 45.1 Å². The van der Waals surface area contributed by atoms with Crippen molar-refractivity contribution >= 4 is 27.7 Å². The van der Waals surface area contributed by atoms with Gasteiger partial charge >= 0.3 is 0 Å². The molecular formula is C27H34BrN3O2. The molecule has 2 fully saturated rings. The number of likely N-dealkylation sites (tertiary alicyclic amines) is 2. The predicted molar refractivity (Wildman–Crippen MR) is 135 cm³/mol. The summed E-state index contributed by atoms with van der Waals surface area (Å²) in [7, 11) is 0. The summed E-state index contributed by atoms with van der Waals surface area (Å²) in [6.45, 7) is 6.88. The lowest BCUT2D eigenvalue weighted by atomic mass is 9.77. The van der Waals surface area contributed by atoms with E-state index < -0.39 is 0 Å². The number of piperidine rings is 1. The van der Waals surface area contributed by atoms with Gasteiger partial charge in [0.2, 0.25) is 11.8 Å². The van der Waals surface area contributed by atoms with Crippen LogP contribution in [0.5, 0.6) is 0 Å². The SMILES string of the molecule is CCNC(=O)C(CCN1CCC2(CC1)CCN(Cc1ccc(Br)cc1)C2=O)c1ccccc1. The van der Waals surface area contributed by atoms with Crippen LogP contribution in [0.3, 0.4) is 0 Å². The van der Waals surface area contributed by atoms with Gasteiger partial charge in [0, 0.05) is 24.1 Å². The van der Waals surface area contributed by atoms with Gasteiger partial charge in [-0.3, -0.25) is 9.59 Å². The normalized spacial score (nSPS) is 19.1. The molecule has 4 rings (SSSR count). The van der Waals surface area contributed by atoms with E-state index in [1.165, 1.54) is 5.56 Å². The minimum atomic E-state index is -0.190. The van der Waals surface area contributed by atoms with Crippen molar-refractivity contribution in [2.75, 3.05) is 32.7 Å². The molecule has 1 N–H and O–H groups in total. The Bertz CT molecular complexity index is 940. The van der Waals surface area contributed by atoms with Gasteiger partial charge in [-0.15, -0.1) is 0 Å². The standard InChI is InChI=1S/C27H34BrN3O2/c1-2-29-25(32)24(22-6-4-3-5-7-22)12-16-30-17-13-27(14-18-30)15-19-31(26(27)33)20-21-8-10-23(28)11-9-21/h3-11,24H,2,12-20H2,1H3,(H,29,32). The summed E-state index contributed by atoms with van der Waals surface area (Å²) in [6.07, 6.45) is 3.59. The summed E-state index contributed by atoms with van der Waals surface area (Å²) in [6, 6.07) is 18.3. The second kappa shape index (κ2) is 10.8. The summed E-state index contributed by atoms with van der Waals surface area (Å²) < 4.78 is 1.06. The van der Waals surface area contributed by atoms with Crippen molar-refractivity contribution in [1.82, 2.24) is 15.1 Å². The maximum absolute atomic E-state index is 13.3. The number of benzene rings is 2. The highest BCUT2D eigenvalue weighted by Gasteiger charge is 2.47. The van der Waals surface area contributed by atoms with Crippen LogP contribution in [0.2, 0.25) is 0 Å². The molecule has 0 saturated carbocycles. The first-order valence-electron chi connectivity index (χ1n) is 12.1. The highest BCUT2D eigenvalue weighted by Crippen LogP contribution is 2.42. The molecule has 0 aliphatic carbocycles. The van der Waals surface area contributed by atoms with Crippen LogP contribution in [0, 0.1) is 5.41 Å². The fraction of sp³-hybridized carbons (Fsp3) is 0.481. The summed E-state index contributed by atoms with van der Waals surface area (Å²) >= 11 is 3.48. The number of likely N-dealkylation sites (N-methyl/N-ethyl adjacent to an activating group) is 1. The second-order valence-electron chi connectivity index (χ2n) is 9.37. The molecule has 1 spiro atoms. The van der Waals surface area contributed by atoms with Crippen LogP contribution in [0.1, 0.15) is 49.7 Å². The first-order valence-corrected chi connectivity index (χ1v) is 12.9. The summed E-state index contributed by atoms with van der Waals surface area (Å²) in [5.41, 5.74) is 2.06. The number of halogens is 1. The van der Waals surface area contributed by atoms with Gasteiger partial charge in [0.1, 0.15) is 0 Å². The molecule has 2 aliphatic heterocycles. The molecule has 2 heterocycles. The maximum atomic E-state index is 13.3. The van der Waals surface area contributed by atoms with E-state index in [1.807, 2.05) is 54.3 Å². The van der Waals surface area contributed by atoms with Crippen molar-refractivity contribution in [1.29, 1.82) is 0 Å². The third-order valence-corrected chi connectivity index (χ3v) is 7.83. The highest BCUT2D eigenvalue weighted by atomic mass is 79.9. The Labute approximate surface area is 205 Å². The zero-order chi connectivity index (χ0) is 23.3. The van der Waals surface area contributed by atoms with Gasteiger partial charge in [-0.2, -0.15) is 0 Å². The number of amides is 2. The smallest absolute Gasteiger partial charge is 0.229 e. The molecule has 2 amide bonds. The molecule has 33 heavy (non-hydrogen) atoms. The molecule has 2 saturated heterocycles. The third-order valence-electron chi connectivity index (χ3n) is 7.30. The fourth-order valence-electron chi connectivity index (χ4n) is 5.27. The average molecular weight is 512 g/mol. The average Bonchev–Trinajstić information content (AvgIpc) is 3.12. The van der Waals surface area contributed by atoms with Crippen LogP contribution in [-0.2, 0) is 16.1 Å². The van der Waals surface area contributed by atoms with Crippen molar-refractivity contribution < 1.29 is 9.59 Å². The van der Waals surface area contributed by atoms with E-state index in [9.17, 15) is 9.59 Å². The van der Waals surface area contributed by atoms with E-state index in [-0.39, 0.29) is 17.2 Å². The van der Waals surface area contributed by atoms with Crippen LogP contribution < -0.4 is 5.32 Å². The van der Waals surface area contributed by atoms with Crippen LogP contribution in [0.4, 0.5) is 0 Å². The molecule has 2 aromatic rings. The first kappa shape index (κ1) is 24.0. The quantitative estimate of drug-likeness (QED) is 0.564. The maximum Gasteiger partial charge on any atom is 0.229 e. The van der Waals surface area contributed by atoms with Crippen molar-refractivity contribution in [3.8, 4) is 0 Å². The van der Waals surface area contributed by atoms with Crippen LogP contribution in [0.25, 0.3) is 0 Å². The molecule has 176 valence electrons. The van der Waals surface area contributed by atoms with Gasteiger partial charge in [0.05, 0.1) is 11.3 Å². The molecule has 1 unspecified atom stereocenters. The van der Waals surface area contributed by atoms with Crippen molar-refractivity contribution in [3.05, 3.63) is 70.2 Å². The largest absolute Gasteiger partial charge is 0.356 e. The van der Waals surface area contributed by atoms with Gasteiger partial charge in [-0.05, 0) is 75.5 Å². The number of carbonyl (C=O) groups is 2. The molecule has 1 atom stereocenters. The molecule has 0 aromatic heterocycles. The minimum Gasteiger partial charge on any atom is -0.356 e. The Balaban J connectivity index is 1.31. The van der Waals surface area contributed by atoms with E-state index in [0.29, 0.717) is 19.0 Å². The number of hydrogen-bond acceptors (Lipinski definition) is 3. The summed E-state index contributed by atoms with van der Waals surface area (Å²) in [5, 5.41) is 2.99. The highest BCUT2D eigenvalue weighted by molar-refractivity contribution is 9.10. The van der Waals surface area contributed by atoms with E-state index >= 15 is 0 Å². The molecule has 0 bridgehead atoms. The molecule has 6 heteroatoms. The third kappa shape index (κ3) is 5.67. The number of carbonyl (C=O) groups excluding carboxylic acids is 2. The topological polar surface area (TPSA) is 52.7 Å². The number of rotatable bonds is 8. The molecule has 2 aromatic carbocycles. The predicted octanol–water partition coefficient (Wildman–Crippen LogP) is 4.57. The van der Waals surface area contributed by atoms with Crippen molar-refractivity contribution in [3.63, 3.8) is 0 Å². The van der Waals surface area contributed by atoms with Gasteiger partial charge in [-0.25, -0.2) is 0 Å². The Hall–Kier alpha value is -2.18. The van der Waals surface area contributed by atoms with Crippen LogP contribution in [-0.4, -0.2) is 54.3 Å². The second-order valence-corrected chi connectivity index (χ2v) is 10.3. The Morgan fingerprint density at radius 3 is 2.36 bits per heavy atom. The van der Waals surface area contributed by atoms with Gasteiger partial charge in [0.25, 0.3) is 0 Å². The van der Waals surface area contributed by atoms with Gasteiger partial charge in [0.15, 0.2) is 0 Å². The van der Waals surface area contributed by atoms with Gasteiger partial charge < -0.3 is 15.1 Å².